The van der Waals surface area contributed by atoms with Gasteiger partial charge in [-0.3, -0.25) is 4.90 Å². The molecule has 2 aliphatic rings. The molecule has 0 aromatic heterocycles. The van der Waals surface area contributed by atoms with Crippen molar-refractivity contribution in [2.24, 2.45) is 11.8 Å². The summed E-state index contributed by atoms with van der Waals surface area (Å²) in [5.41, 5.74) is -1.88. The smallest absolute Gasteiger partial charge is 0.341 e. The van der Waals surface area contributed by atoms with Crippen molar-refractivity contribution >= 4 is 5.97 Å². The molecule has 0 saturated carbocycles. The molecule has 5 atom stereocenters. The van der Waals surface area contributed by atoms with Gasteiger partial charge in [-0.2, -0.15) is 0 Å². The molecule has 21 heavy (non-hydrogen) atoms. The van der Waals surface area contributed by atoms with E-state index in [0.717, 1.165) is 25.9 Å². The molecule has 0 spiro atoms. The summed E-state index contributed by atoms with van der Waals surface area (Å²) in [4.78, 5) is 14.4. The maximum Gasteiger partial charge on any atom is 0.341 e. The second-order valence-corrected chi connectivity index (χ2v) is 6.69. The summed E-state index contributed by atoms with van der Waals surface area (Å²) in [6, 6.07) is 0.0523. The average Bonchev–Trinajstić information content (AvgIpc) is 2.98. The fraction of sp³-hybridized carbons (Fsp3) is 0.933. The van der Waals surface area contributed by atoms with Gasteiger partial charge in [-0.25, -0.2) is 4.79 Å². The summed E-state index contributed by atoms with van der Waals surface area (Å²) in [5.74, 6) is -1.13. The van der Waals surface area contributed by atoms with Crippen LogP contribution in [0.1, 0.15) is 33.6 Å². The zero-order chi connectivity index (χ0) is 15.8. The third kappa shape index (κ3) is 2.95. The van der Waals surface area contributed by atoms with E-state index >= 15 is 0 Å². The van der Waals surface area contributed by atoms with E-state index in [1.54, 1.807) is 13.8 Å². The van der Waals surface area contributed by atoms with Crippen LogP contribution >= 0.6 is 0 Å². The molecular weight excluding hydrogens is 274 g/mol. The normalized spacial score (nSPS) is 33.8. The van der Waals surface area contributed by atoms with Gasteiger partial charge in [0.05, 0.1) is 18.8 Å². The van der Waals surface area contributed by atoms with Crippen LogP contribution in [0.2, 0.25) is 0 Å². The zero-order valence-electron chi connectivity index (χ0n) is 13.0. The Bertz CT molecular complexity index is 376. The number of aliphatic hydroxyl groups is 3. The predicted molar refractivity (Wildman–Crippen MR) is 76.5 cm³/mol. The summed E-state index contributed by atoms with van der Waals surface area (Å²) >= 11 is 0. The van der Waals surface area contributed by atoms with E-state index in [1.807, 2.05) is 0 Å². The van der Waals surface area contributed by atoms with Gasteiger partial charge in [-0.15, -0.1) is 0 Å². The first-order valence-electron chi connectivity index (χ1n) is 7.78. The Labute approximate surface area is 125 Å². The highest BCUT2D eigenvalue weighted by atomic mass is 16.6. The van der Waals surface area contributed by atoms with E-state index in [-0.39, 0.29) is 24.7 Å². The summed E-state index contributed by atoms with van der Waals surface area (Å²) in [7, 11) is 0. The predicted octanol–water partition coefficient (Wildman–Crippen LogP) is -0.247. The molecule has 2 rings (SSSR count). The fourth-order valence-electron chi connectivity index (χ4n) is 3.61. The Morgan fingerprint density at radius 2 is 1.95 bits per heavy atom. The van der Waals surface area contributed by atoms with E-state index in [1.165, 1.54) is 6.92 Å². The molecule has 122 valence electrons. The number of carbonyl (C=O) groups is 1. The minimum absolute atomic E-state index is 0.0523. The van der Waals surface area contributed by atoms with Crippen LogP contribution in [0, 0.1) is 11.8 Å². The Morgan fingerprint density at radius 1 is 1.33 bits per heavy atom. The number of hydrogen-bond donors (Lipinski definition) is 3. The van der Waals surface area contributed by atoms with Crippen molar-refractivity contribution in [3.63, 3.8) is 0 Å². The lowest BCUT2D eigenvalue weighted by molar-refractivity contribution is -0.186. The maximum atomic E-state index is 12.2. The highest BCUT2D eigenvalue weighted by molar-refractivity contribution is 5.80. The van der Waals surface area contributed by atoms with Crippen LogP contribution in [-0.2, 0) is 9.53 Å². The summed E-state index contributed by atoms with van der Waals surface area (Å²) < 4.78 is 5.28. The van der Waals surface area contributed by atoms with Crippen molar-refractivity contribution in [1.29, 1.82) is 0 Å². The van der Waals surface area contributed by atoms with E-state index in [2.05, 4.69) is 4.90 Å². The molecule has 0 aromatic rings. The molecule has 0 bridgehead atoms. The first-order valence-corrected chi connectivity index (χ1v) is 7.78. The number of carbonyl (C=O) groups excluding carboxylic acids is 1. The third-order valence-corrected chi connectivity index (χ3v) is 5.07. The van der Waals surface area contributed by atoms with Gasteiger partial charge in [0, 0.05) is 18.5 Å². The van der Waals surface area contributed by atoms with Crippen LogP contribution in [-0.4, -0.2) is 69.7 Å². The minimum Gasteiger partial charge on any atom is -0.463 e. The van der Waals surface area contributed by atoms with Crippen molar-refractivity contribution < 1.29 is 24.9 Å². The Hall–Kier alpha value is -0.690. The number of hydrogen-bond acceptors (Lipinski definition) is 6. The van der Waals surface area contributed by atoms with Gasteiger partial charge in [0.1, 0.15) is 0 Å². The van der Waals surface area contributed by atoms with Gasteiger partial charge < -0.3 is 20.1 Å². The second kappa shape index (κ2) is 6.20. The molecular formula is C15H27NO5. The lowest BCUT2D eigenvalue weighted by atomic mass is 9.85. The topological polar surface area (TPSA) is 90.2 Å². The van der Waals surface area contributed by atoms with Crippen LogP contribution < -0.4 is 0 Å². The Kier molecular flexibility index (Phi) is 4.92. The molecule has 2 fully saturated rings. The number of fused-ring (bicyclic) bond motifs is 1. The molecule has 2 aliphatic heterocycles. The number of nitrogens with zero attached hydrogens (tertiary/aromatic N) is 1. The molecule has 0 radical (unpaired) electrons. The highest BCUT2D eigenvalue weighted by Gasteiger charge is 2.47. The van der Waals surface area contributed by atoms with Crippen molar-refractivity contribution in [2.45, 2.75) is 57.5 Å². The third-order valence-electron chi connectivity index (χ3n) is 5.07. The molecule has 6 nitrogen and oxygen atoms in total. The molecule has 0 amide bonds. The molecule has 6 heteroatoms. The SMILES string of the molecule is CC(C)[C@@](O)(C(=O)OCC1CCN2CC[C@@H](O)C12)[C@@H](C)O. The largest absolute Gasteiger partial charge is 0.463 e. The molecule has 3 N–H and O–H groups in total. The van der Waals surface area contributed by atoms with Crippen LogP contribution in [0.15, 0.2) is 0 Å². The average molecular weight is 301 g/mol. The second-order valence-electron chi connectivity index (χ2n) is 6.69. The lowest BCUT2D eigenvalue weighted by Gasteiger charge is -2.33. The van der Waals surface area contributed by atoms with Crippen LogP contribution in [0.25, 0.3) is 0 Å². The number of rotatable bonds is 5. The molecule has 0 aliphatic carbocycles. The van der Waals surface area contributed by atoms with Gasteiger partial charge in [-0.1, -0.05) is 13.8 Å². The van der Waals surface area contributed by atoms with E-state index < -0.39 is 23.6 Å². The number of ether oxygens (including phenoxy) is 1. The van der Waals surface area contributed by atoms with Crippen LogP contribution in [0.3, 0.4) is 0 Å². The van der Waals surface area contributed by atoms with Gasteiger partial charge in [0.2, 0.25) is 0 Å². The van der Waals surface area contributed by atoms with Gasteiger partial charge >= 0.3 is 5.97 Å². The first kappa shape index (κ1) is 16.7. The quantitative estimate of drug-likeness (QED) is 0.607. The van der Waals surface area contributed by atoms with Gasteiger partial charge in [-0.05, 0) is 32.2 Å². The molecule has 2 saturated heterocycles. The number of aliphatic hydroxyl groups excluding tert-OH is 2. The monoisotopic (exact) mass is 301 g/mol. The van der Waals surface area contributed by atoms with Crippen molar-refractivity contribution in [2.75, 3.05) is 19.7 Å². The maximum absolute atomic E-state index is 12.2. The zero-order valence-corrected chi connectivity index (χ0v) is 13.0. The highest BCUT2D eigenvalue weighted by Crippen LogP contribution is 2.33. The van der Waals surface area contributed by atoms with Crippen molar-refractivity contribution in [1.82, 2.24) is 4.90 Å². The van der Waals surface area contributed by atoms with E-state index in [0.29, 0.717) is 0 Å². The van der Waals surface area contributed by atoms with Crippen LogP contribution in [0.5, 0.6) is 0 Å². The summed E-state index contributed by atoms with van der Waals surface area (Å²) in [6.07, 6.45) is 0.0850. The Balaban J connectivity index is 1.95. The molecule has 2 unspecified atom stereocenters. The fourth-order valence-corrected chi connectivity index (χ4v) is 3.61. The van der Waals surface area contributed by atoms with E-state index in [4.69, 9.17) is 4.74 Å². The van der Waals surface area contributed by atoms with E-state index in [9.17, 15) is 20.1 Å². The number of esters is 1. The lowest BCUT2D eigenvalue weighted by Crippen LogP contribution is -2.53. The van der Waals surface area contributed by atoms with Crippen molar-refractivity contribution in [3.8, 4) is 0 Å². The standard InChI is InChI=1S/C15H27NO5/c1-9(2)15(20,10(3)17)14(19)21-8-11-4-6-16-7-5-12(18)13(11)16/h9-13,17-18,20H,4-8H2,1-3H3/t10-,11?,12-,13?,15+/m1/s1. The Morgan fingerprint density at radius 3 is 2.52 bits per heavy atom. The minimum atomic E-state index is -1.88. The van der Waals surface area contributed by atoms with Crippen LogP contribution in [0.4, 0.5) is 0 Å². The molecule has 0 aromatic carbocycles. The first-order chi connectivity index (χ1) is 9.78. The van der Waals surface area contributed by atoms with Crippen molar-refractivity contribution in [3.05, 3.63) is 0 Å². The summed E-state index contributed by atoms with van der Waals surface area (Å²) in [5, 5.41) is 30.1. The summed E-state index contributed by atoms with van der Waals surface area (Å²) in [6.45, 7) is 6.71. The molecule has 2 heterocycles. The van der Waals surface area contributed by atoms with Gasteiger partial charge in [0.15, 0.2) is 5.60 Å². The van der Waals surface area contributed by atoms with Gasteiger partial charge in [0.25, 0.3) is 0 Å².